The number of hydrogen-bond acceptors (Lipinski definition) is 3. The van der Waals surface area contributed by atoms with Crippen LogP contribution in [0, 0.1) is 0 Å². The lowest BCUT2D eigenvalue weighted by atomic mass is 9.87. The first-order chi connectivity index (χ1) is 8.43. The zero-order chi connectivity index (χ0) is 13.6. The Morgan fingerprint density at radius 1 is 1.28 bits per heavy atom. The topological polar surface area (TPSA) is 67.8 Å². The second kappa shape index (κ2) is 6.40. The van der Waals surface area contributed by atoms with Crippen LogP contribution in [0.25, 0.3) is 0 Å². The van der Waals surface area contributed by atoms with E-state index in [-0.39, 0.29) is 12.0 Å². The van der Waals surface area contributed by atoms with Crippen LogP contribution in [0.5, 0.6) is 0 Å². The molecule has 0 aliphatic rings. The summed E-state index contributed by atoms with van der Waals surface area (Å²) >= 11 is 0. The van der Waals surface area contributed by atoms with Crippen molar-refractivity contribution in [3.8, 4) is 0 Å². The standard InChI is InChI=1S/C14H22N2O2/c1-14(2,3)12-6-4-11(5-7-12)10-18-16-13(15)8-9-17/h4-7,17H,8-10H2,1-3H3,(H2,15,16). The van der Waals surface area contributed by atoms with E-state index in [1.165, 1.54) is 5.56 Å². The molecular weight excluding hydrogens is 228 g/mol. The summed E-state index contributed by atoms with van der Waals surface area (Å²) in [5.41, 5.74) is 7.98. The number of rotatable bonds is 5. The number of nitrogens with two attached hydrogens (primary N) is 1. The molecule has 4 nitrogen and oxygen atoms in total. The van der Waals surface area contributed by atoms with Crippen molar-refractivity contribution in [3.63, 3.8) is 0 Å². The first kappa shape index (κ1) is 14.5. The van der Waals surface area contributed by atoms with Crippen molar-refractivity contribution < 1.29 is 9.94 Å². The van der Waals surface area contributed by atoms with Gasteiger partial charge >= 0.3 is 0 Å². The summed E-state index contributed by atoms with van der Waals surface area (Å²) in [7, 11) is 0. The Kier molecular flexibility index (Phi) is 5.16. The van der Waals surface area contributed by atoms with Gasteiger partial charge in [-0.3, -0.25) is 0 Å². The van der Waals surface area contributed by atoms with E-state index in [4.69, 9.17) is 15.7 Å². The van der Waals surface area contributed by atoms with E-state index in [1.54, 1.807) is 0 Å². The smallest absolute Gasteiger partial charge is 0.142 e. The third kappa shape index (κ3) is 4.75. The van der Waals surface area contributed by atoms with Crippen molar-refractivity contribution in [2.75, 3.05) is 6.61 Å². The lowest BCUT2D eigenvalue weighted by Crippen LogP contribution is -2.13. The molecule has 4 heteroatoms. The molecule has 0 aliphatic carbocycles. The van der Waals surface area contributed by atoms with E-state index in [1.807, 2.05) is 12.1 Å². The number of aliphatic hydroxyl groups is 1. The number of oxime groups is 1. The van der Waals surface area contributed by atoms with Crippen molar-refractivity contribution in [1.82, 2.24) is 0 Å². The highest BCUT2D eigenvalue weighted by molar-refractivity contribution is 5.79. The second-order valence-electron chi connectivity index (χ2n) is 5.28. The van der Waals surface area contributed by atoms with Crippen LogP contribution in [0.1, 0.15) is 38.3 Å². The van der Waals surface area contributed by atoms with Gasteiger partial charge in [0.1, 0.15) is 12.4 Å². The van der Waals surface area contributed by atoms with Crippen LogP contribution in [-0.2, 0) is 16.9 Å². The average molecular weight is 250 g/mol. The van der Waals surface area contributed by atoms with E-state index >= 15 is 0 Å². The Hall–Kier alpha value is -1.55. The lowest BCUT2D eigenvalue weighted by molar-refractivity contribution is 0.129. The zero-order valence-corrected chi connectivity index (χ0v) is 11.3. The Labute approximate surface area is 108 Å². The molecule has 0 aliphatic heterocycles. The summed E-state index contributed by atoms with van der Waals surface area (Å²) in [6.45, 7) is 6.91. The van der Waals surface area contributed by atoms with E-state index in [2.05, 4.69) is 38.1 Å². The normalized spacial score (nSPS) is 12.6. The van der Waals surface area contributed by atoms with Crippen LogP contribution in [0.15, 0.2) is 29.4 Å². The van der Waals surface area contributed by atoms with E-state index in [0.717, 1.165) is 5.56 Å². The largest absolute Gasteiger partial charge is 0.396 e. The summed E-state index contributed by atoms with van der Waals surface area (Å²) in [5, 5.41) is 12.4. The first-order valence-electron chi connectivity index (χ1n) is 6.08. The molecule has 0 heterocycles. The van der Waals surface area contributed by atoms with Crippen LogP contribution in [0.4, 0.5) is 0 Å². The first-order valence-corrected chi connectivity index (χ1v) is 6.08. The van der Waals surface area contributed by atoms with Gasteiger partial charge in [-0.25, -0.2) is 0 Å². The van der Waals surface area contributed by atoms with Gasteiger partial charge in [0.05, 0.1) is 6.61 Å². The van der Waals surface area contributed by atoms with E-state index < -0.39 is 0 Å². The molecule has 0 radical (unpaired) electrons. The molecule has 3 N–H and O–H groups in total. The van der Waals surface area contributed by atoms with Gasteiger partial charge in [0.15, 0.2) is 0 Å². The summed E-state index contributed by atoms with van der Waals surface area (Å²) in [6.07, 6.45) is 0.336. The third-order valence-corrected chi connectivity index (χ3v) is 2.60. The molecular formula is C14H22N2O2. The highest BCUT2D eigenvalue weighted by Gasteiger charge is 2.12. The van der Waals surface area contributed by atoms with E-state index in [0.29, 0.717) is 18.9 Å². The number of benzene rings is 1. The van der Waals surface area contributed by atoms with Crippen molar-refractivity contribution in [2.24, 2.45) is 10.9 Å². The number of amidine groups is 1. The number of aliphatic hydroxyl groups excluding tert-OH is 1. The number of hydrogen-bond donors (Lipinski definition) is 2. The molecule has 0 atom stereocenters. The minimum absolute atomic E-state index is 0.0149. The summed E-state index contributed by atoms with van der Waals surface area (Å²) < 4.78 is 0. The molecule has 1 aromatic rings. The predicted molar refractivity (Wildman–Crippen MR) is 73.3 cm³/mol. The lowest BCUT2D eigenvalue weighted by Gasteiger charge is -2.18. The maximum atomic E-state index is 8.64. The summed E-state index contributed by atoms with van der Waals surface area (Å²) in [6, 6.07) is 8.25. The van der Waals surface area contributed by atoms with Gasteiger partial charge in [0, 0.05) is 6.42 Å². The van der Waals surface area contributed by atoms with Crippen molar-refractivity contribution in [1.29, 1.82) is 0 Å². The molecule has 0 aromatic heterocycles. The summed E-state index contributed by atoms with van der Waals surface area (Å²) in [5.74, 6) is 0.309. The minimum atomic E-state index is -0.0149. The van der Waals surface area contributed by atoms with Crippen LogP contribution < -0.4 is 5.73 Å². The molecule has 100 valence electrons. The monoisotopic (exact) mass is 250 g/mol. The SMILES string of the molecule is CC(C)(C)c1ccc(CO/N=C(\N)CCO)cc1. The maximum absolute atomic E-state index is 8.64. The average Bonchev–Trinajstić information content (AvgIpc) is 2.29. The molecule has 1 aromatic carbocycles. The van der Waals surface area contributed by atoms with Crippen LogP contribution in [-0.4, -0.2) is 17.5 Å². The van der Waals surface area contributed by atoms with Gasteiger partial charge in [-0.05, 0) is 16.5 Å². The van der Waals surface area contributed by atoms with Crippen LogP contribution >= 0.6 is 0 Å². The quantitative estimate of drug-likeness (QED) is 0.478. The molecule has 1 rings (SSSR count). The zero-order valence-electron chi connectivity index (χ0n) is 11.3. The second-order valence-corrected chi connectivity index (χ2v) is 5.28. The molecule has 0 amide bonds. The van der Waals surface area contributed by atoms with Crippen LogP contribution in [0.3, 0.4) is 0 Å². The molecule has 0 spiro atoms. The van der Waals surface area contributed by atoms with Crippen molar-refractivity contribution >= 4 is 5.84 Å². The van der Waals surface area contributed by atoms with Crippen molar-refractivity contribution in [2.45, 2.75) is 39.2 Å². The van der Waals surface area contributed by atoms with Crippen LogP contribution in [0.2, 0.25) is 0 Å². The molecule has 0 saturated carbocycles. The highest BCUT2D eigenvalue weighted by atomic mass is 16.6. The van der Waals surface area contributed by atoms with Crippen molar-refractivity contribution in [3.05, 3.63) is 35.4 Å². The van der Waals surface area contributed by atoms with Gasteiger partial charge in [0.2, 0.25) is 0 Å². The van der Waals surface area contributed by atoms with Gasteiger partial charge < -0.3 is 15.7 Å². The van der Waals surface area contributed by atoms with Gasteiger partial charge in [0.25, 0.3) is 0 Å². The minimum Gasteiger partial charge on any atom is -0.396 e. The molecule has 18 heavy (non-hydrogen) atoms. The number of nitrogens with zero attached hydrogens (tertiary/aromatic N) is 1. The molecule has 0 fully saturated rings. The fraction of sp³-hybridized carbons (Fsp3) is 0.500. The Balaban J connectivity index is 2.52. The highest BCUT2D eigenvalue weighted by Crippen LogP contribution is 2.22. The summed E-state index contributed by atoms with van der Waals surface area (Å²) in [4.78, 5) is 5.11. The van der Waals surface area contributed by atoms with E-state index in [9.17, 15) is 0 Å². The predicted octanol–water partition coefficient (Wildman–Crippen LogP) is 2.16. The molecule has 0 unspecified atom stereocenters. The Morgan fingerprint density at radius 3 is 2.39 bits per heavy atom. The Morgan fingerprint density at radius 2 is 1.89 bits per heavy atom. The Bertz CT molecular complexity index is 391. The van der Waals surface area contributed by atoms with Gasteiger partial charge in [-0.1, -0.05) is 50.2 Å². The molecule has 0 bridgehead atoms. The van der Waals surface area contributed by atoms with Gasteiger partial charge in [-0.15, -0.1) is 0 Å². The third-order valence-electron chi connectivity index (χ3n) is 2.60. The fourth-order valence-electron chi connectivity index (χ4n) is 1.45. The van der Waals surface area contributed by atoms with Gasteiger partial charge in [-0.2, -0.15) is 0 Å². The maximum Gasteiger partial charge on any atom is 0.142 e. The molecule has 0 saturated heterocycles. The fourth-order valence-corrected chi connectivity index (χ4v) is 1.45.